The fraction of sp³-hybridized carbons (Fsp3) is 0.400. The summed E-state index contributed by atoms with van der Waals surface area (Å²) in [5.41, 5.74) is 3.93. The fourth-order valence-corrected chi connectivity index (χ4v) is 3.12. The predicted molar refractivity (Wildman–Crippen MR) is 72.6 cm³/mol. The summed E-state index contributed by atoms with van der Waals surface area (Å²) in [5, 5.41) is 19.4. The minimum atomic E-state index is -0.888. The van der Waals surface area contributed by atoms with Crippen molar-refractivity contribution < 1.29 is 15.0 Å². The predicted octanol–water partition coefficient (Wildman–Crippen LogP) is 2.21. The molecule has 2 N–H and O–H groups in total. The van der Waals surface area contributed by atoms with Crippen molar-refractivity contribution in [1.29, 1.82) is 0 Å². The zero-order valence-corrected chi connectivity index (χ0v) is 10.7. The zero-order valence-electron chi connectivity index (χ0n) is 10.7. The van der Waals surface area contributed by atoms with Crippen LogP contribution in [0.1, 0.15) is 34.5 Å². The van der Waals surface area contributed by atoms with Crippen LogP contribution in [0.3, 0.4) is 0 Å². The molecule has 1 heterocycles. The average Bonchev–Trinajstić information content (AvgIpc) is 2.74. The molecular weight excluding hydrogens is 242 g/mol. The van der Waals surface area contributed by atoms with Gasteiger partial charge in [0, 0.05) is 23.1 Å². The van der Waals surface area contributed by atoms with Gasteiger partial charge in [-0.25, -0.2) is 4.79 Å². The number of hydrogen-bond donors (Lipinski definition) is 2. The van der Waals surface area contributed by atoms with Gasteiger partial charge in [0.1, 0.15) is 0 Å². The first kappa shape index (κ1) is 12.2. The Balaban J connectivity index is 2.26. The van der Waals surface area contributed by atoms with E-state index in [-0.39, 0.29) is 6.61 Å². The third-order valence-electron chi connectivity index (χ3n) is 3.95. The van der Waals surface area contributed by atoms with Crippen LogP contribution in [0.5, 0.6) is 0 Å². The number of nitrogens with zero attached hydrogens (tertiary/aromatic N) is 1. The van der Waals surface area contributed by atoms with E-state index in [1.54, 1.807) is 12.1 Å². The fourth-order valence-electron chi connectivity index (χ4n) is 3.12. The largest absolute Gasteiger partial charge is 0.478 e. The van der Waals surface area contributed by atoms with Crippen molar-refractivity contribution >= 4 is 16.9 Å². The highest BCUT2D eigenvalue weighted by Gasteiger charge is 2.20. The molecule has 1 aliphatic carbocycles. The van der Waals surface area contributed by atoms with Crippen LogP contribution in [0.15, 0.2) is 18.2 Å². The number of rotatable bonds is 3. The van der Waals surface area contributed by atoms with E-state index >= 15 is 0 Å². The first-order valence-electron chi connectivity index (χ1n) is 6.70. The highest BCUT2D eigenvalue weighted by Crippen LogP contribution is 2.32. The monoisotopic (exact) mass is 259 g/mol. The van der Waals surface area contributed by atoms with E-state index in [0.717, 1.165) is 30.2 Å². The van der Waals surface area contributed by atoms with Crippen molar-refractivity contribution in [3.63, 3.8) is 0 Å². The lowest BCUT2D eigenvalue weighted by Gasteiger charge is -2.15. The molecule has 4 nitrogen and oxygen atoms in total. The number of carboxylic acid groups (broad SMARTS) is 1. The Labute approximate surface area is 111 Å². The molecule has 19 heavy (non-hydrogen) atoms. The highest BCUT2D eigenvalue weighted by molar-refractivity contribution is 5.95. The van der Waals surface area contributed by atoms with E-state index in [9.17, 15) is 9.90 Å². The molecule has 0 fully saturated rings. The van der Waals surface area contributed by atoms with Gasteiger partial charge in [0.25, 0.3) is 0 Å². The summed E-state index contributed by atoms with van der Waals surface area (Å²) >= 11 is 0. The molecule has 0 atom stereocenters. The second kappa shape index (κ2) is 4.70. The third-order valence-corrected chi connectivity index (χ3v) is 3.95. The van der Waals surface area contributed by atoms with Crippen molar-refractivity contribution in [2.75, 3.05) is 6.61 Å². The molecule has 0 aliphatic heterocycles. The molecule has 0 radical (unpaired) electrons. The molecule has 0 bridgehead atoms. The summed E-state index contributed by atoms with van der Waals surface area (Å²) in [6.45, 7) is 0.690. The number of carboxylic acids is 1. The SMILES string of the molecule is O=C(O)c1ccc2c(c1)c1c(n2CCO)CCCC1. The topological polar surface area (TPSA) is 62.5 Å². The Morgan fingerprint density at radius 3 is 2.79 bits per heavy atom. The molecule has 4 heteroatoms. The summed E-state index contributed by atoms with van der Waals surface area (Å²) in [4.78, 5) is 11.1. The van der Waals surface area contributed by atoms with Gasteiger partial charge < -0.3 is 14.8 Å². The van der Waals surface area contributed by atoms with Crippen LogP contribution in [0.4, 0.5) is 0 Å². The molecular formula is C15H17NO3. The van der Waals surface area contributed by atoms with Crippen LogP contribution in [0, 0.1) is 0 Å². The van der Waals surface area contributed by atoms with Crippen molar-refractivity contribution in [1.82, 2.24) is 4.57 Å². The third kappa shape index (κ3) is 1.92. The maximum absolute atomic E-state index is 11.1. The molecule has 0 amide bonds. The van der Waals surface area contributed by atoms with Gasteiger partial charge in [0.2, 0.25) is 0 Å². The summed E-state index contributed by atoms with van der Waals surface area (Å²) in [5.74, 6) is -0.888. The molecule has 0 unspecified atom stereocenters. The number of aromatic nitrogens is 1. The lowest BCUT2D eigenvalue weighted by Crippen LogP contribution is -2.10. The highest BCUT2D eigenvalue weighted by atomic mass is 16.4. The zero-order chi connectivity index (χ0) is 13.4. The molecule has 0 saturated heterocycles. The number of aliphatic hydroxyl groups excluding tert-OH is 1. The van der Waals surface area contributed by atoms with Gasteiger partial charge in [0.15, 0.2) is 0 Å². The number of carbonyl (C=O) groups is 1. The van der Waals surface area contributed by atoms with Crippen LogP contribution >= 0.6 is 0 Å². The molecule has 1 aromatic carbocycles. The van der Waals surface area contributed by atoms with Gasteiger partial charge in [-0.05, 0) is 49.4 Å². The molecule has 1 aromatic heterocycles. The van der Waals surface area contributed by atoms with E-state index in [2.05, 4.69) is 4.57 Å². The van der Waals surface area contributed by atoms with E-state index in [0.29, 0.717) is 12.1 Å². The van der Waals surface area contributed by atoms with Gasteiger partial charge in [-0.15, -0.1) is 0 Å². The summed E-state index contributed by atoms with van der Waals surface area (Å²) < 4.78 is 2.15. The quantitative estimate of drug-likeness (QED) is 0.888. The van der Waals surface area contributed by atoms with Gasteiger partial charge >= 0.3 is 5.97 Å². The smallest absolute Gasteiger partial charge is 0.335 e. The van der Waals surface area contributed by atoms with Gasteiger partial charge in [0.05, 0.1) is 12.2 Å². The van der Waals surface area contributed by atoms with Gasteiger partial charge in [-0.1, -0.05) is 0 Å². The number of benzene rings is 1. The second-order valence-electron chi connectivity index (χ2n) is 5.04. The Kier molecular flexibility index (Phi) is 3.03. The summed E-state index contributed by atoms with van der Waals surface area (Å²) in [7, 11) is 0. The van der Waals surface area contributed by atoms with Crippen molar-refractivity contribution in [3.05, 3.63) is 35.0 Å². The molecule has 0 spiro atoms. The summed E-state index contributed by atoms with van der Waals surface area (Å²) in [6.07, 6.45) is 4.35. The Morgan fingerprint density at radius 2 is 2.05 bits per heavy atom. The Hall–Kier alpha value is -1.81. The van der Waals surface area contributed by atoms with Gasteiger partial charge in [-0.2, -0.15) is 0 Å². The average molecular weight is 259 g/mol. The number of hydrogen-bond acceptors (Lipinski definition) is 2. The number of aliphatic hydroxyl groups is 1. The van der Waals surface area contributed by atoms with Crippen LogP contribution in [-0.4, -0.2) is 27.4 Å². The van der Waals surface area contributed by atoms with Crippen LogP contribution in [-0.2, 0) is 19.4 Å². The van der Waals surface area contributed by atoms with Crippen molar-refractivity contribution in [3.8, 4) is 0 Å². The first-order chi connectivity index (χ1) is 9.22. The second-order valence-corrected chi connectivity index (χ2v) is 5.04. The minimum Gasteiger partial charge on any atom is -0.478 e. The molecule has 1 aliphatic rings. The maximum atomic E-state index is 11.1. The van der Waals surface area contributed by atoms with Crippen LogP contribution < -0.4 is 0 Å². The van der Waals surface area contributed by atoms with Crippen LogP contribution in [0.25, 0.3) is 10.9 Å². The molecule has 100 valence electrons. The number of aromatic carboxylic acids is 1. The lowest BCUT2D eigenvalue weighted by molar-refractivity contribution is 0.0697. The Morgan fingerprint density at radius 1 is 1.26 bits per heavy atom. The van der Waals surface area contributed by atoms with Crippen molar-refractivity contribution in [2.24, 2.45) is 0 Å². The standard InChI is InChI=1S/C15H17NO3/c17-8-7-16-13-4-2-1-3-11(13)12-9-10(15(18)19)5-6-14(12)16/h5-6,9,17H,1-4,7-8H2,(H,18,19). The van der Waals surface area contributed by atoms with Crippen LogP contribution in [0.2, 0.25) is 0 Å². The number of fused-ring (bicyclic) bond motifs is 3. The van der Waals surface area contributed by atoms with Gasteiger partial charge in [-0.3, -0.25) is 0 Å². The first-order valence-corrected chi connectivity index (χ1v) is 6.70. The van der Waals surface area contributed by atoms with E-state index in [1.165, 1.54) is 17.7 Å². The lowest BCUT2D eigenvalue weighted by atomic mass is 9.95. The molecule has 3 rings (SSSR count). The number of aryl methyl sites for hydroxylation is 1. The maximum Gasteiger partial charge on any atom is 0.335 e. The normalized spacial score (nSPS) is 14.6. The summed E-state index contributed by atoms with van der Waals surface area (Å²) in [6, 6.07) is 5.28. The van der Waals surface area contributed by atoms with E-state index < -0.39 is 5.97 Å². The molecule has 0 saturated carbocycles. The minimum absolute atomic E-state index is 0.108. The van der Waals surface area contributed by atoms with E-state index in [4.69, 9.17) is 5.11 Å². The van der Waals surface area contributed by atoms with Crippen molar-refractivity contribution in [2.45, 2.75) is 32.2 Å². The van der Waals surface area contributed by atoms with E-state index in [1.807, 2.05) is 6.07 Å². The Bertz CT molecular complexity index is 642. The molecule has 2 aromatic rings.